The van der Waals surface area contributed by atoms with E-state index in [2.05, 4.69) is 25.2 Å². The minimum Gasteiger partial charge on any atom is -0.496 e. The summed E-state index contributed by atoms with van der Waals surface area (Å²) in [5.41, 5.74) is 0. The summed E-state index contributed by atoms with van der Waals surface area (Å²) >= 11 is 0. The molecule has 0 amide bonds. The van der Waals surface area contributed by atoms with Gasteiger partial charge in [-0.15, -0.1) is 0 Å². The van der Waals surface area contributed by atoms with Gasteiger partial charge in [0.2, 0.25) is 0 Å². The Hall–Kier alpha value is -0.540. The normalized spacial score (nSPS) is 20.3. The summed E-state index contributed by atoms with van der Waals surface area (Å²) in [5, 5.41) is 3.44. The molecule has 0 aliphatic carbocycles. The van der Waals surface area contributed by atoms with E-state index in [0.29, 0.717) is 0 Å². The second kappa shape index (κ2) is 6.85. The molecule has 3 heteroatoms. The summed E-state index contributed by atoms with van der Waals surface area (Å²) in [7, 11) is 1.77. The summed E-state index contributed by atoms with van der Waals surface area (Å²) in [6, 6.07) is 0.213. The maximum absolute atomic E-state index is 5.70. The number of hydrogen-bond acceptors (Lipinski definition) is 3. The largest absolute Gasteiger partial charge is 0.496 e. The van der Waals surface area contributed by atoms with Gasteiger partial charge in [-0.05, 0) is 31.9 Å². The van der Waals surface area contributed by atoms with Gasteiger partial charge < -0.3 is 14.8 Å². The average Bonchev–Trinajstić information content (AvgIpc) is 2.30. The number of likely N-dealkylation sites (N-methyl/N-ethyl adjacent to an activating group) is 1. The lowest BCUT2D eigenvalue weighted by atomic mass is 10.0. The van der Waals surface area contributed by atoms with Crippen LogP contribution in [0.5, 0.6) is 0 Å². The van der Waals surface area contributed by atoms with Crippen molar-refractivity contribution < 1.29 is 9.47 Å². The van der Waals surface area contributed by atoms with Gasteiger partial charge in [0.05, 0.1) is 18.8 Å². The van der Waals surface area contributed by atoms with Gasteiger partial charge in [0.1, 0.15) is 5.76 Å². The lowest BCUT2D eigenvalue weighted by Crippen LogP contribution is -2.43. The van der Waals surface area contributed by atoms with Gasteiger partial charge in [-0.25, -0.2) is 0 Å². The van der Waals surface area contributed by atoms with Crippen LogP contribution in [0.15, 0.2) is 11.8 Å². The minimum absolute atomic E-state index is 0.203. The Morgan fingerprint density at radius 1 is 1.53 bits per heavy atom. The molecule has 2 unspecified atom stereocenters. The molecule has 1 heterocycles. The van der Waals surface area contributed by atoms with Crippen LogP contribution in [0.1, 0.15) is 33.1 Å². The average molecular weight is 213 g/mol. The van der Waals surface area contributed by atoms with Crippen LogP contribution in [-0.4, -0.2) is 32.4 Å². The van der Waals surface area contributed by atoms with Crippen LogP contribution >= 0.6 is 0 Å². The van der Waals surface area contributed by atoms with E-state index in [-0.39, 0.29) is 12.1 Å². The van der Waals surface area contributed by atoms with Crippen molar-refractivity contribution in [2.24, 2.45) is 0 Å². The van der Waals surface area contributed by atoms with Crippen molar-refractivity contribution in [1.82, 2.24) is 5.32 Å². The Morgan fingerprint density at radius 2 is 2.33 bits per heavy atom. The fourth-order valence-corrected chi connectivity index (χ4v) is 1.97. The second-order valence-electron chi connectivity index (χ2n) is 3.81. The van der Waals surface area contributed by atoms with Crippen LogP contribution in [0.2, 0.25) is 0 Å². The first-order valence-corrected chi connectivity index (χ1v) is 5.92. The summed E-state index contributed by atoms with van der Waals surface area (Å²) < 4.78 is 11.2. The number of ether oxygens (including phenoxy) is 2. The first kappa shape index (κ1) is 12.5. The molecule has 1 N–H and O–H groups in total. The van der Waals surface area contributed by atoms with Crippen molar-refractivity contribution in [3.05, 3.63) is 11.8 Å². The van der Waals surface area contributed by atoms with Crippen molar-refractivity contribution in [3.8, 4) is 0 Å². The topological polar surface area (TPSA) is 30.5 Å². The third-order valence-electron chi connectivity index (χ3n) is 2.77. The monoisotopic (exact) mass is 213 g/mol. The molecular formula is C12H23NO2. The predicted octanol–water partition coefficient (Wildman–Crippen LogP) is 2.08. The number of methoxy groups -OCH3 is 1. The fourth-order valence-electron chi connectivity index (χ4n) is 1.97. The van der Waals surface area contributed by atoms with Crippen LogP contribution < -0.4 is 5.32 Å². The van der Waals surface area contributed by atoms with Crippen LogP contribution in [0.4, 0.5) is 0 Å². The maximum Gasteiger partial charge on any atom is 0.112 e. The Morgan fingerprint density at radius 3 is 2.80 bits per heavy atom. The molecule has 1 aliphatic rings. The Bertz CT molecular complexity index is 200. The third-order valence-corrected chi connectivity index (χ3v) is 2.77. The predicted molar refractivity (Wildman–Crippen MR) is 61.8 cm³/mol. The van der Waals surface area contributed by atoms with Gasteiger partial charge in [0.15, 0.2) is 0 Å². The van der Waals surface area contributed by atoms with Crippen LogP contribution in [0.3, 0.4) is 0 Å². The Balaban J connectivity index is 2.66. The van der Waals surface area contributed by atoms with Gasteiger partial charge in [0, 0.05) is 7.11 Å². The Kier molecular flexibility index (Phi) is 5.73. The molecule has 0 spiro atoms. The van der Waals surface area contributed by atoms with E-state index in [4.69, 9.17) is 9.47 Å². The van der Waals surface area contributed by atoms with E-state index in [1.54, 1.807) is 7.11 Å². The van der Waals surface area contributed by atoms with E-state index in [1.807, 2.05) is 0 Å². The number of rotatable bonds is 6. The second-order valence-corrected chi connectivity index (χ2v) is 3.81. The van der Waals surface area contributed by atoms with Crippen molar-refractivity contribution in [2.75, 3.05) is 20.3 Å². The summed E-state index contributed by atoms with van der Waals surface area (Å²) in [4.78, 5) is 0. The molecule has 0 aromatic rings. The van der Waals surface area contributed by atoms with Crippen LogP contribution in [-0.2, 0) is 9.47 Å². The zero-order valence-electron chi connectivity index (χ0n) is 10.1. The molecule has 0 fully saturated rings. The van der Waals surface area contributed by atoms with E-state index < -0.39 is 0 Å². The molecule has 0 saturated heterocycles. The van der Waals surface area contributed by atoms with Crippen LogP contribution in [0.25, 0.3) is 0 Å². The molecule has 0 saturated carbocycles. The molecule has 15 heavy (non-hydrogen) atoms. The molecule has 0 radical (unpaired) electrons. The highest BCUT2D eigenvalue weighted by atomic mass is 16.5. The summed E-state index contributed by atoms with van der Waals surface area (Å²) in [6.45, 7) is 6.03. The highest BCUT2D eigenvalue weighted by molar-refractivity contribution is 5.08. The number of allylic oxidation sites excluding steroid dienone is 1. The van der Waals surface area contributed by atoms with Crippen molar-refractivity contribution >= 4 is 0 Å². The SMILES string of the molecule is CCNC(C1=CCCCO1)C(CC)OC. The number of hydrogen-bond donors (Lipinski definition) is 1. The molecule has 1 aliphatic heterocycles. The molecular weight excluding hydrogens is 190 g/mol. The summed E-state index contributed by atoms with van der Waals surface area (Å²) in [5.74, 6) is 1.07. The fraction of sp³-hybridized carbons (Fsp3) is 0.833. The number of nitrogens with one attached hydrogen (secondary N) is 1. The smallest absolute Gasteiger partial charge is 0.112 e. The van der Waals surface area contributed by atoms with Crippen molar-refractivity contribution in [3.63, 3.8) is 0 Å². The van der Waals surface area contributed by atoms with Crippen molar-refractivity contribution in [1.29, 1.82) is 0 Å². The molecule has 1 rings (SSSR count). The van der Waals surface area contributed by atoms with E-state index in [9.17, 15) is 0 Å². The maximum atomic E-state index is 5.70. The van der Waals surface area contributed by atoms with E-state index >= 15 is 0 Å². The lowest BCUT2D eigenvalue weighted by Gasteiger charge is -2.29. The standard InChI is InChI=1S/C12H23NO2/c1-4-10(14-3)12(13-5-2)11-8-6-7-9-15-11/h8,10,12-13H,4-7,9H2,1-3H3. The third kappa shape index (κ3) is 3.50. The van der Waals surface area contributed by atoms with E-state index in [1.165, 1.54) is 0 Å². The molecule has 0 aromatic carbocycles. The highest BCUT2D eigenvalue weighted by Gasteiger charge is 2.25. The van der Waals surface area contributed by atoms with E-state index in [0.717, 1.165) is 38.2 Å². The van der Waals surface area contributed by atoms with Gasteiger partial charge >= 0.3 is 0 Å². The van der Waals surface area contributed by atoms with Crippen molar-refractivity contribution in [2.45, 2.75) is 45.3 Å². The van der Waals surface area contributed by atoms with Gasteiger partial charge in [0.25, 0.3) is 0 Å². The molecule has 2 atom stereocenters. The first-order valence-electron chi connectivity index (χ1n) is 5.92. The lowest BCUT2D eigenvalue weighted by molar-refractivity contribution is 0.0482. The molecule has 0 bridgehead atoms. The highest BCUT2D eigenvalue weighted by Crippen LogP contribution is 2.18. The van der Waals surface area contributed by atoms with Crippen LogP contribution in [0, 0.1) is 0 Å². The Labute approximate surface area is 92.8 Å². The molecule has 0 aromatic heterocycles. The first-order chi connectivity index (χ1) is 7.33. The van der Waals surface area contributed by atoms with Gasteiger partial charge in [-0.3, -0.25) is 0 Å². The molecule has 3 nitrogen and oxygen atoms in total. The zero-order valence-corrected chi connectivity index (χ0v) is 10.1. The summed E-state index contributed by atoms with van der Waals surface area (Å²) in [6.07, 6.45) is 5.64. The van der Waals surface area contributed by atoms with Gasteiger partial charge in [-0.2, -0.15) is 0 Å². The quantitative estimate of drug-likeness (QED) is 0.733. The van der Waals surface area contributed by atoms with Gasteiger partial charge in [-0.1, -0.05) is 13.8 Å². The zero-order chi connectivity index (χ0) is 11.1. The molecule has 88 valence electrons. The minimum atomic E-state index is 0.203.